The third-order valence-corrected chi connectivity index (χ3v) is 3.98. The number of aryl methyl sites for hydroxylation is 1. The second-order valence-corrected chi connectivity index (χ2v) is 5.65. The Bertz CT molecular complexity index is 615. The van der Waals surface area contributed by atoms with Gasteiger partial charge in [0.05, 0.1) is 7.11 Å². The Labute approximate surface area is 126 Å². The van der Waals surface area contributed by atoms with Crippen LogP contribution in [0.3, 0.4) is 0 Å². The number of hydrogen-bond donors (Lipinski definition) is 1. The van der Waals surface area contributed by atoms with Crippen LogP contribution in [0.2, 0.25) is 0 Å². The second kappa shape index (κ2) is 6.37. The first-order valence-corrected chi connectivity index (χ1v) is 7.14. The van der Waals surface area contributed by atoms with Gasteiger partial charge >= 0.3 is 0 Å². The van der Waals surface area contributed by atoms with Gasteiger partial charge in [0.2, 0.25) is 0 Å². The molecule has 2 aromatic carbocycles. The molecule has 0 fully saturated rings. The van der Waals surface area contributed by atoms with Crippen LogP contribution in [0.15, 0.2) is 40.9 Å². The van der Waals surface area contributed by atoms with Crippen LogP contribution in [0, 0.1) is 12.7 Å². The Kier molecular flexibility index (Phi) is 4.78. The van der Waals surface area contributed by atoms with Gasteiger partial charge in [0.15, 0.2) is 0 Å². The molecule has 2 nitrogen and oxygen atoms in total. The highest BCUT2D eigenvalue weighted by Gasteiger charge is 2.14. The van der Waals surface area contributed by atoms with Crippen molar-refractivity contribution >= 4 is 15.9 Å². The van der Waals surface area contributed by atoms with E-state index in [0.717, 1.165) is 26.9 Å². The summed E-state index contributed by atoms with van der Waals surface area (Å²) < 4.78 is 19.2. The van der Waals surface area contributed by atoms with E-state index in [0.29, 0.717) is 6.42 Å². The van der Waals surface area contributed by atoms with E-state index in [2.05, 4.69) is 15.9 Å². The number of hydrogen-bond acceptors (Lipinski definition) is 2. The lowest BCUT2D eigenvalue weighted by molar-refractivity contribution is 0.405. The van der Waals surface area contributed by atoms with Crippen molar-refractivity contribution in [3.63, 3.8) is 0 Å². The minimum absolute atomic E-state index is 0.202. The fraction of sp³-hybridized carbons (Fsp3) is 0.250. The largest absolute Gasteiger partial charge is 0.496 e. The van der Waals surface area contributed by atoms with Gasteiger partial charge in [-0.1, -0.05) is 39.7 Å². The first-order chi connectivity index (χ1) is 9.51. The molecule has 0 radical (unpaired) electrons. The van der Waals surface area contributed by atoms with Crippen LogP contribution in [-0.4, -0.2) is 7.11 Å². The normalized spacial score (nSPS) is 12.2. The molecule has 2 aromatic rings. The lowest BCUT2D eigenvalue weighted by atomic mass is 9.97. The minimum atomic E-state index is -0.262. The fourth-order valence-electron chi connectivity index (χ4n) is 2.18. The van der Waals surface area contributed by atoms with E-state index in [1.807, 2.05) is 25.1 Å². The molecule has 0 amide bonds. The summed E-state index contributed by atoms with van der Waals surface area (Å²) in [6.45, 7) is 2.02. The highest BCUT2D eigenvalue weighted by molar-refractivity contribution is 9.10. The van der Waals surface area contributed by atoms with Crippen molar-refractivity contribution in [2.24, 2.45) is 5.73 Å². The molecule has 0 aliphatic heterocycles. The van der Waals surface area contributed by atoms with Crippen molar-refractivity contribution in [3.8, 4) is 5.75 Å². The number of halogens is 2. The average molecular weight is 338 g/mol. The Morgan fingerprint density at radius 3 is 2.65 bits per heavy atom. The summed E-state index contributed by atoms with van der Waals surface area (Å²) in [5.41, 5.74) is 9.35. The van der Waals surface area contributed by atoms with Crippen molar-refractivity contribution in [1.82, 2.24) is 0 Å². The van der Waals surface area contributed by atoms with Crippen LogP contribution in [0.5, 0.6) is 5.75 Å². The lowest BCUT2D eigenvalue weighted by Crippen LogP contribution is -2.15. The molecule has 1 unspecified atom stereocenters. The summed E-state index contributed by atoms with van der Waals surface area (Å²) in [4.78, 5) is 0. The maximum atomic E-state index is 13.1. The van der Waals surface area contributed by atoms with E-state index in [1.54, 1.807) is 13.2 Å². The van der Waals surface area contributed by atoms with Gasteiger partial charge in [-0.25, -0.2) is 4.39 Å². The summed E-state index contributed by atoms with van der Waals surface area (Å²) in [6, 6.07) is 10.4. The third kappa shape index (κ3) is 3.38. The zero-order valence-corrected chi connectivity index (χ0v) is 13.1. The monoisotopic (exact) mass is 337 g/mol. The van der Waals surface area contributed by atoms with E-state index < -0.39 is 0 Å². The van der Waals surface area contributed by atoms with Crippen LogP contribution >= 0.6 is 15.9 Å². The average Bonchev–Trinajstić information content (AvgIpc) is 2.41. The Balaban J connectivity index is 2.27. The number of nitrogens with two attached hydrogens (primary N) is 1. The van der Waals surface area contributed by atoms with Gasteiger partial charge in [0, 0.05) is 16.1 Å². The Morgan fingerprint density at radius 1 is 1.25 bits per heavy atom. The van der Waals surface area contributed by atoms with Gasteiger partial charge in [-0.15, -0.1) is 0 Å². The number of benzene rings is 2. The SMILES string of the molecule is COc1ccc(C)cc1C(N)Cc1ccc(F)cc1Br. The van der Waals surface area contributed by atoms with Gasteiger partial charge in [0.1, 0.15) is 11.6 Å². The quantitative estimate of drug-likeness (QED) is 0.909. The number of methoxy groups -OCH3 is 1. The zero-order valence-electron chi connectivity index (χ0n) is 11.5. The molecule has 2 rings (SSSR count). The van der Waals surface area contributed by atoms with E-state index in [4.69, 9.17) is 10.5 Å². The minimum Gasteiger partial charge on any atom is -0.496 e. The maximum absolute atomic E-state index is 13.1. The van der Waals surface area contributed by atoms with Crippen LogP contribution < -0.4 is 10.5 Å². The Morgan fingerprint density at radius 2 is 2.00 bits per heavy atom. The first-order valence-electron chi connectivity index (χ1n) is 6.35. The van der Waals surface area contributed by atoms with Crippen molar-refractivity contribution in [1.29, 1.82) is 0 Å². The molecule has 4 heteroatoms. The van der Waals surface area contributed by atoms with Crippen molar-refractivity contribution in [2.75, 3.05) is 7.11 Å². The molecule has 0 aromatic heterocycles. The molecule has 0 heterocycles. The summed E-state index contributed by atoms with van der Waals surface area (Å²) >= 11 is 3.37. The molecule has 0 aliphatic carbocycles. The van der Waals surface area contributed by atoms with Gasteiger partial charge in [0.25, 0.3) is 0 Å². The standard InChI is InChI=1S/C16H17BrFNO/c1-10-3-6-16(20-2)13(7-10)15(19)8-11-4-5-12(18)9-14(11)17/h3-7,9,15H,8,19H2,1-2H3. The first kappa shape index (κ1) is 15.0. The van der Waals surface area contributed by atoms with Crippen LogP contribution in [0.25, 0.3) is 0 Å². The fourth-order valence-corrected chi connectivity index (χ4v) is 2.69. The summed E-state index contributed by atoms with van der Waals surface area (Å²) in [5.74, 6) is 0.517. The predicted octanol–water partition coefficient (Wildman–Crippen LogP) is 4.15. The predicted molar refractivity (Wildman–Crippen MR) is 82.5 cm³/mol. The van der Waals surface area contributed by atoms with E-state index in [-0.39, 0.29) is 11.9 Å². The topological polar surface area (TPSA) is 35.2 Å². The highest BCUT2D eigenvalue weighted by Crippen LogP contribution is 2.29. The summed E-state index contributed by atoms with van der Waals surface area (Å²) in [7, 11) is 1.63. The van der Waals surface area contributed by atoms with E-state index >= 15 is 0 Å². The molecule has 0 saturated heterocycles. The molecule has 0 bridgehead atoms. The molecular weight excluding hydrogens is 321 g/mol. The molecule has 106 valence electrons. The second-order valence-electron chi connectivity index (χ2n) is 4.79. The van der Waals surface area contributed by atoms with Gasteiger partial charge in [-0.05, 0) is 37.1 Å². The van der Waals surface area contributed by atoms with E-state index in [9.17, 15) is 4.39 Å². The van der Waals surface area contributed by atoms with Crippen molar-refractivity contribution in [2.45, 2.75) is 19.4 Å². The highest BCUT2D eigenvalue weighted by atomic mass is 79.9. The molecule has 2 N–H and O–H groups in total. The van der Waals surface area contributed by atoms with Crippen molar-refractivity contribution < 1.29 is 9.13 Å². The maximum Gasteiger partial charge on any atom is 0.124 e. The number of rotatable bonds is 4. The van der Waals surface area contributed by atoms with Gasteiger partial charge in [-0.3, -0.25) is 0 Å². The smallest absolute Gasteiger partial charge is 0.124 e. The molecular formula is C16H17BrFNO. The summed E-state index contributed by atoms with van der Waals surface area (Å²) in [6.07, 6.45) is 0.612. The molecule has 0 saturated carbocycles. The molecule has 20 heavy (non-hydrogen) atoms. The number of ether oxygens (including phenoxy) is 1. The Hall–Kier alpha value is -1.39. The van der Waals surface area contributed by atoms with Crippen molar-refractivity contribution in [3.05, 3.63) is 63.4 Å². The lowest BCUT2D eigenvalue weighted by Gasteiger charge is -2.17. The zero-order chi connectivity index (χ0) is 14.7. The van der Waals surface area contributed by atoms with Gasteiger partial charge in [-0.2, -0.15) is 0 Å². The molecule has 0 aliphatic rings. The van der Waals surface area contributed by atoms with Crippen LogP contribution in [0.4, 0.5) is 4.39 Å². The van der Waals surface area contributed by atoms with E-state index in [1.165, 1.54) is 12.1 Å². The van der Waals surface area contributed by atoms with Crippen LogP contribution in [-0.2, 0) is 6.42 Å². The summed E-state index contributed by atoms with van der Waals surface area (Å²) in [5, 5.41) is 0. The molecule has 1 atom stereocenters. The molecule has 0 spiro atoms. The third-order valence-electron chi connectivity index (χ3n) is 3.24. The van der Waals surface area contributed by atoms with Crippen LogP contribution in [0.1, 0.15) is 22.7 Å². The van der Waals surface area contributed by atoms with Gasteiger partial charge < -0.3 is 10.5 Å².